The molecule has 1 saturated carbocycles. The fraction of sp³-hybridized carbons (Fsp3) is 0.292. The van der Waals surface area contributed by atoms with Crippen LogP contribution in [0.4, 0.5) is 35.0 Å². The van der Waals surface area contributed by atoms with Crippen molar-refractivity contribution in [1.82, 2.24) is 4.98 Å². The molecule has 1 aliphatic carbocycles. The molecule has 2 atom stereocenters. The minimum Gasteiger partial charge on any atom is -0.375 e. The number of fused-ring (bicyclic) bond motifs is 1. The lowest BCUT2D eigenvalue weighted by molar-refractivity contribution is -0.119. The predicted molar refractivity (Wildman–Crippen MR) is 128 cm³/mol. The molecule has 0 radical (unpaired) electrons. The van der Waals surface area contributed by atoms with Gasteiger partial charge in [-0.1, -0.05) is 25.1 Å². The van der Waals surface area contributed by atoms with E-state index in [-0.39, 0.29) is 11.6 Å². The third-order valence-electron chi connectivity index (χ3n) is 6.77. The molecule has 1 aliphatic heterocycles. The summed E-state index contributed by atoms with van der Waals surface area (Å²) in [6, 6.07) is 10.1. The summed E-state index contributed by atoms with van der Waals surface area (Å²) in [4.78, 5) is 35.2. The Labute approximate surface area is 204 Å². The van der Waals surface area contributed by atoms with Crippen LogP contribution in [0.5, 0.6) is 0 Å². The Kier molecular flexibility index (Phi) is 5.12. The molecule has 2 aromatic carbocycles. The number of amides is 3. The van der Waals surface area contributed by atoms with Crippen LogP contribution in [0.15, 0.2) is 59.6 Å². The smallest absolute Gasteiger partial charge is 0.375 e. The van der Waals surface area contributed by atoms with Crippen molar-refractivity contribution in [2.75, 3.05) is 28.8 Å². The van der Waals surface area contributed by atoms with E-state index < -0.39 is 37.7 Å². The number of urea groups is 1. The van der Waals surface area contributed by atoms with Gasteiger partial charge in [0.05, 0.1) is 33.7 Å². The SMILES string of the molecule is CC1CC12C(=O)N(c1ccc(S(=O)(=O)C(F)(F)F)cc1)C(=O)N2c1c(N(C)C)cnc2ccccc12. The van der Waals surface area contributed by atoms with Crippen molar-refractivity contribution < 1.29 is 31.2 Å². The molecule has 0 N–H and O–H groups in total. The number of hydrogen-bond donors (Lipinski definition) is 0. The second kappa shape index (κ2) is 7.66. The van der Waals surface area contributed by atoms with Crippen LogP contribution in [0, 0.1) is 5.92 Å². The molecule has 36 heavy (non-hydrogen) atoms. The van der Waals surface area contributed by atoms with Crippen LogP contribution in [0.3, 0.4) is 0 Å². The van der Waals surface area contributed by atoms with Crippen LogP contribution < -0.4 is 14.7 Å². The molecule has 3 aromatic rings. The summed E-state index contributed by atoms with van der Waals surface area (Å²) >= 11 is 0. The molecule has 1 saturated heterocycles. The van der Waals surface area contributed by atoms with Crippen molar-refractivity contribution in [3.05, 3.63) is 54.7 Å². The second-order valence-corrected chi connectivity index (χ2v) is 11.1. The summed E-state index contributed by atoms with van der Waals surface area (Å²) in [5, 5.41) is 0.664. The molecular weight excluding hydrogens is 497 g/mol. The van der Waals surface area contributed by atoms with E-state index in [0.29, 0.717) is 28.7 Å². The highest BCUT2D eigenvalue weighted by molar-refractivity contribution is 7.92. The number of imide groups is 1. The highest BCUT2D eigenvalue weighted by atomic mass is 32.2. The molecule has 8 nitrogen and oxygen atoms in total. The van der Waals surface area contributed by atoms with E-state index in [1.165, 1.54) is 4.90 Å². The summed E-state index contributed by atoms with van der Waals surface area (Å²) < 4.78 is 62.3. The first-order valence-corrected chi connectivity index (χ1v) is 12.5. The van der Waals surface area contributed by atoms with Gasteiger partial charge in [-0.3, -0.25) is 14.7 Å². The number of anilines is 3. The van der Waals surface area contributed by atoms with Crippen molar-refractivity contribution in [2.45, 2.75) is 29.3 Å². The molecule has 0 bridgehead atoms. The predicted octanol–water partition coefficient (Wildman–Crippen LogP) is 4.35. The first kappa shape index (κ1) is 24.0. The number of nitrogens with zero attached hydrogens (tertiary/aromatic N) is 4. The van der Waals surface area contributed by atoms with E-state index in [1.807, 2.05) is 19.1 Å². The van der Waals surface area contributed by atoms with Crippen molar-refractivity contribution in [2.24, 2.45) is 5.92 Å². The van der Waals surface area contributed by atoms with Crippen LogP contribution in [-0.4, -0.2) is 50.5 Å². The van der Waals surface area contributed by atoms with Gasteiger partial charge in [0.1, 0.15) is 5.54 Å². The Balaban J connectivity index is 1.65. The number of carbonyl (C=O) groups excluding carboxylic acids is 2. The topological polar surface area (TPSA) is 90.9 Å². The van der Waals surface area contributed by atoms with E-state index in [4.69, 9.17) is 0 Å². The van der Waals surface area contributed by atoms with Crippen molar-refractivity contribution in [3.8, 4) is 0 Å². The Morgan fingerprint density at radius 2 is 1.67 bits per heavy atom. The number of alkyl halides is 3. The van der Waals surface area contributed by atoms with Gasteiger partial charge in [0, 0.05) is 19.5 Å². The lowest BCUT2D eigenvalue weighted by Gasteiger charge is -2.28. The van der Waals surface area contributed by atoms with E-state index in [1.54, 1.807) is 37.3 Å². The largest absolute Gasteiger partial charge is 0.501 e. The molecule has 3 amide bonds. The van der Waals surface area contributed by atoms with Gasteiger partial charge >= 0.3 is 11.5 Å². The first-order valence-electron chi connectivity index (χ1n) is 11.0. The van der Waals surface area contributed by atoms with Crippen LogP contribution in [-0.2, 0) is 14.6 Å². The third kappa shape index (κ3) is 3.20. The number of hydrogen-bond acceptors (Lipinski definition) is 6. The van der Waals surface area contributed by atoms with Crippen molar-refractivity contribution in [3.63, 3.8) is 0 Å². The van der Waals surface area contributed by atoms with Gasteiger partial charge in [-0.05, 0) is 42.7 Å². The molecule has 1 spiro atoms. The standard InChI is InChI=1S/C24H21F3N4O4S/c1-14-12-23(14)21(32)30(15-8-10-16(11-9-15)36(34,35)24(25,26)27)22(33)31(23)20-17-6-4-5-7-18(17)28-13-19(20)29(2)3/h4-11,13-14H,12H2,1-3H3. The lowest BCUT2D eigenvalue weighted by Crippen LogP contribution is -2.40. The zero-order valence-electron chi connectivity index (χ0n) is 19.4. The zero-order chi connectivity index (χ0) is 26.2. The first-order chi connectivity index (χ1) is 16.8. The lowest BCUT2D eigenvalue weighted by atomic mass is 10.1. The molecule has 2 unspecified atom stereocenters. The van der Waals surface area contributed by atoms with Gasteiger partial charge in [0.2, 0.25) is 0 Å². The highest BCUT2D eigenvalue weighted by Crippen LogP contribution is 2.57. The molecule has 2 fully saturated rings. The van der Waals surface area contributed by atoms with Gasteiger partial charge in [-0.2, -0.15) is 13.2 Å². The van der Waals surface area contributed by atoms with Gasteiger partial charge in [0.25, 0.3) is 15.7 Å². The van der Waals surface area contributed by atoms with Gasteiger partial charge < -0.3 is 4.90 Å². The number of halogens is 3. The normalized spacial score (nSPS) is 22.1. The summed E-state index contributed by atoms with van der Waals surface area (Å²) in [7, 11) is -1.99. The maximum atomic E-state index is 13.9. The maximum absolute atomic E-state index is 13.9. The van der Waals surface area contributed by atoms with Crippen LogP contribution in [0.2, 0.25) is 0 Å². The minimum absolute atomic E-state index is 0.0168. The number of para-hydroxylation sites is 1. The van der Waals surface area contributed by atoms with Gasteiger partial charge in [0.15, 0.2) is 0 Å². The van der Waals surface area contributed by atoms with Gasteiger partial charge in [-0.15, -0.1) is 0 Å². The molecule has 2 aliphatic rings. The van der Waals surface area contributed by atoms with E-state index >= 15 is 0 Å². The molecule has 12 heteroatoms. The van der Waals surface area contributed by atoms with E-state index in [9.17, 15) is 31.2 Å². The number of carbonyl (C=O) groups is 2. The van der Waals surface area contributed by atoms with Crippen LogP contribution in [0.25, 0.3) is 10.9 Å². The summed E-state index contributed by atoms with van der Waals surface area (Å²) in [6.45, 7) is 1.85. The second-order valence-electron chi connectivity index (χ2n) is 9.13. The fourth-order valence-electron chi connectivity index (χ4n) is 4.77. The average molecular weight is 519 g/mol. The van der Waals surface area contributed by atoms with Crippen LogP contribution >= 0.6 is 0 Å². The van der Waals surface area contributed by atoms with Crippen molar-refractivity contribution >= 4 is 49.7 Å². The van der Waals surface area contributed by atoms with Crippen molar-refractivity contribution in [1.29, 1.82) is 0 Å². The molecule has 188 valence electrons. The zero-order valence-corrected chi connectivity index (χ0v) is 20.3. The Bertz CT molecular complexity index is 1520. The molecular formula is C24H21F3N4O4S. The quantitative estimate of drug-likeness (QED) is 0.477. The van der Waals surface area contributed by atoms with Crippen LogP contribution in [0.1, 0.15) is 13.3 Å². The highest BCUT2D eigenvalue weighted by Gasteiger charge is 2.71. The van der Waals surface area contributed by atoms with Gasteiger partial charge in [-0.25, -0.2) is 18.1 Å². The number of pyridine rings is 1. The fourth-order valence-corrected chi connectivity index (χ4v) is 5.54. The Hall–Kier alpha value is -3.67. The number of rotatable bonds is 4. The summed E-state index contributed by atoms with van der Waals surface area (Å²) in [5.41, 5.74) is -4.90. The average Bonchev–Trinajstić information content (AvgIpc) is 3.44. The number of aromatic nitrogens is 1. The van der Waals surface area contributed by atoms with E-state index in [0.717, 1.165) is 29.2 Å². The molecule has 5 rings (SSSR count). The monoisotopic (exact) mass is 518 g/mol. The van der Waals surface area contributed by atoms with E-state index in [2.05, 4.69) is 4.98 Å². The maximum Gasteiger partial charge on any atom is 0.501 e. The third-order valence-corrected chi connectivity index (χ3v) is 8.27. The Morgan fingerprint density at radius 1 is 1.06 bits per heavy atom. The Morgan fingerprint density at radius 3 is 2.22 bits per heavy atom. The minimum atomic E-state index is -5.57. The summed E-state index contributed by atoms with van der Waals surface area (Å²) in [6.07, 6.45) is 2.02. The number of benzene rings is 2. The molecule has 1 aromatic heterocycles. The number of sulfone groups is 1. The summed E-state index contributed by atoms with van der Waals surface area (Å²) in [5.74, 6) is -0.692. The molecule has 2 heterocycles.